The molecule has 16 heteroatoms. The summed E-state index contributed by atoms with van der Waals surface area (Å²) in [6, 6.07) is 11.3. The van der Waals surface area contributed by atoms with Gasteiger partial charge < -0.3 is 64.7 Å². The van der Waals surface area contributed by atoms with Gasteiger partial charge in [-0.1, -0.05) is 18.2 Å². The Morgan fingerprint density at radius 1 is 0.870 bits per heavy atom. The molecule has 8 N–H and O–H groups in total. The first-order valence-corrected chi connectivity index (χ1v) is 14.3. The van der Waals surface area contributed by atoms with Gasteiger partial charge in [0.2, 0.25) is 5.91 Å². The van der Waals surface area contributed by atoms with Crippen molar-refractivity contribution >= 4 is 23.8 Å². The number of aliphatic carboxylic acids is 1. The maximum atomic E-state index is 12.9. The van der Waals surface area contributed by atoms with Crippen LogP contribution in [0.2, 0.25) is 0 Å². The number of nitrogens with one attached hydrogen (secondary N) is 1. The number of carboxylic acid groups (broad SMARTS) is 1. The Morgan fingerprint density at radius 2 is 1.54 bits per heavy atom. The molecule has 0 spiro atoms. The summed E-state index contributed by atoms with van der Waals surface area (Å²) in [6.07, 6.45) is -14.3. The number of methoxy groups -OCH3 is 2. The number of phenolic OH excluding ortho intramolecular Hbond substituents is 2. The summed E-state index contributed by atoms with van der Waals surface area (Å²) in [7, 11) is 2.39. The molecule has 10 atom stereocenters. The molecule has 4 rings (SSSR count). The van der Waals surface area contributed by atoms with E-state index in [-0.39, 0.29) is 17.9 Å². The van der Waals surface area contributed by atoms with Gasteiger partial charge in [0.05, 0.1) is 12.5 Å². The molecule has 2 aromatic carbocycles. The molecular weight excluding hydrogens is 612 g/mol. The third kappa shape index (κ3) is 8.35. The molecule has 2 aliphatic rings. The molecule has 2 heterocycles. The van der Waals surface area contributed by atoms with Gasteiger partial charge in [-0.15, -0.1) is 0 Å². The van der Waals surface area contributed by atoms with Crippen LogP contribution < -0.4 is 5.32 Å². The molecule has 0 aromatic heterocycles. The number of carbonyl (C=O) groups is 2. The lowest BCUT2D eigenvalue weighted by Gasteiger charge is -2.45. The molecule has 46 heavy (non-hydrogen) atoms. The molecule has 0 radical (unpaired) electrons. The Hall–Kier alpha value is -3.71. The summed E-state index contributed by atoms with van der Waals surface area (Å²) >= 11 is 0. The fraction of sp³-hybridized carbons (Fsp3) is 0.500. The number of aliphatic hydroxyl groups excluding tert-OH is 4. The molecular formula is C30H38N2O14. The molecule has 0 saturated carbocycles. The zero-order valence-electron chi connectivity index (χ0n) is 24.9. The summed E-state index contributed by atoms with van der Waals surface area (Å²) in [6.45, 7) is 0.438. The first-order chi connectivity index (χ1) is 21.9. The Bertz CT molecular complexity index is 1360. The van der Waals surface area contributed by atoms with Crippen molar-refractivity contribution in [3.05, 3.63) is 53.6 Å². The van der Waals surface area contributed by atoms with Gasteiger partial charge in [-0.2, -0.15) is 0 Å². The van der Waals surface area contributed by atoms with E-state index in [0.29, 0.717) is 18.7 Å². The Morgan fingerprint density at radius 3 is 2.17 bits per heavy atom. The number of anilines is 1. The van der Waals surface area contributed by atoms with Gasteiger partial charge in [0.1, 0.15) is 36.6 Å². The number of nitrogens with zero attached hydrogens (tertiary/aromatic N) is 1. The largest absolute Gasteiger partial charge is 0.504 e. The zero-order chi connectivity index (χ0) is 33.5. The van der Waals surface area contributed by atoms with Crippen molar-refractivity contribution in [1.82, 2.24) is 0 Å². The third-order valence-electron chi connectivity index (χ3n) is 7.62. The number of carboxylic acids is 1. The van der Waals surface area contributed by atoms with Crippen LogP contribution in [-0.2, 0) is 39.7 Å². The van der Waals surface area contributed by atoms with E-state index in [1.807, 2.05) is 0 Å². The number of aliphatic imine (C=N–C) groups is 1. The first kappa shape index (κ1) is 35.1. The second kappa shape index (κ2) is 15.7. The Labute approximate surface area is 263 Å². The second-order valence-electron chi connectivity index (χ2n) is 10.8. The van der Waals surface area contributed by atoms with Crippen LogP contribution >= 0.6 is 0 Å². The number of amides is 1. The number of hydrogen-bond donors (Lipinski definition) is 8. The predicted molar refractivity (Wildman–Crippen MR) is 157 cm³/mol. The number of aliphatic hydroxyl groups is 4. The number of hydrogen-bond acceptors (Lipinski definition) is 14. The lowest BCUT2D eigenvalue weighted by Crippen LogP contribution is -2.65. The van der Waals surface area contributed by atoms with Crippen LogP contribution in [0.15, 0.2) is 47.5 Å². The van der Waals surface area contributed by atoms with E-state index in [1.165, 1.54) is 19.2 Å². The summed E-state index contributed by atoms with van der Waals surface area (Å²) in [4.78, 5) is 29.1. The van der Waals surface area contributed by atoms with Crippen molar-refractivity contribution in [2.45, 2.75) is 74.3 Å². The summed E-state index contributed by atoms with van der Waals surface area (Å²) in [5.74, 6) is -2.49. The maximum absolute atomic E-state index is 12.9. The summed E-state index contributed by atoms with van der Waals surface area (Å²) < 4.78 is 26.6. The van der Waals surface area contributed by atoms with E-state index in [2.05, 4.69) is 10.3 Å². The summed E-state index contributed by atoms with van der Waals surface area (Å²) in [5, 5.41) is 73.4. The molecule has 0 aliphatic carbocycles. The van der Waals surface area contributed by atoms with Crippen molar-refractivity contribution < 1.29 is 69.0 Å². The first-order valence-electron chi connectivity index (χ1n) is 14.3. The van der Waals surface area contributed by atoms with Crippen molar-refractivity contribution in [3.63, 3.8) is 0 Å². The molecule has 16 nitrogen and oxygen atoms in total. The van der Waals surface area contributed by atoms with Gasteiger partial charge in [0, 0.05) is 32.7 Å². The van der Waals surface area contributed by atoms with Crippen LogP contribution in [0.3, 0.4) is 0 Å². The monoisotopic (exact) mass is 650 g/mol. The number of carbonyl (C=O) groups excluding carboxylic acids is 1. The Balaban J connectivity index is 1.35. The van der Waals surface area contributed by atoms with Gasteiger partial charge in [-0.3, -0.25) is 9.79 Å². The molecule has 9 unspecified atom stereocenters. The molecule has 2 aromatic rings. The maximum Gasteiger partial charge on any atom is 0.335 e. The smallest absolute Gasteiger partial charge is 0.335 e. The summed E-state index contributed by atoms with van der Waals surface area (Å²) in [5.41, 5.74) is 2.01. The average molecular weight is 651 g/mol. The minimum Gasteiger partial charge on any atom is -0.504 e. The van der Waals surface area contributed by atoms with Crippen LogP contribution in [0.1, 0.15) is 17.5 Å². The second-order valence-corrected chi connectivity index (χ2v) is 10.8. The third-order valence-corrected chi connectivity index (χ3v) is 7.62. The topological polar surface area (TPSA) is 246 Å². The van der Waals surface area contributed by atoms with Crippen molar-refractivity contribution in [2.75, 3.05) is 26.1 Å². The van der Waals surface area contributed by atoms with Gasteiger partial charge in [-0.25, -0.2) is 4.79 Å². The average Bonchev–Trinajstić information content (AvgIpc) is 3.02. The minimum absolute atomic E-state index is 0.191. The molecule has 2 saturated heterocycles. The van der Waals surface area contributed by atoms with Crippen LogP contribution in [0, 0.1) is 0 Å². The van der Waals surface area contributed by atoms with E-state index in [4.69, 9.17) is 23.7 Å². The van der Waals surface area contributed by atoms with Crippen molar-refractivity contribution in [1.29, 1.82) is 0 Å². The van der Waals surface area contributed by atoms with Gasteiger partial charge in [-0.05, 0) is 41.8 Å². The van der Waals surface area contributed by atoms with E-state index < -0.39 is 73.3 Å². The van der Waals surface area contributed by atoms with Gasteiger partial charge in [0.25, 0.3) is 0 Å². The number of ether oxygens (including phenoxy) is 5. The van der Waals surface area contributed by atoms with E-state index >= 15 is 0 Å². The molecule has 2 fully saturated rings. The highest BCUT2D eigenvalue weighted by molar-refractivity contribution is 5.91. The predicted octanol–water partition coefficient (Wildman–Crippen LogP) is -0.887. The van der Waals surface area contributed by atoms with Crippen LogP contribution in [0.4, 0.5) is 5.69 Å². The number of phenols is 2. The number of rotatable bonds is 12. The highest BCUT2D eigenvalue weighted by Crippen LogP contribution is 2.31. The molecule has 2 aliphatic heterocycles. The van der Waals surface area contributed by atoms with E-state index in [0.717, 1.165) is 18.2 Å². The molecule has 1 amide bonds. The van der Waals surface area contributed by atoms with E-state index in [9.17, 15) is 45.3 Å². The highest BCUT2D eigenvalue weighted by atomic mass is 16.7. The van der Waals surface area contributed by atoms with Crippen LogP contribution in [-0.4, -0.2) is 136 Å². The van der Waals surface area contributed by atoms with Crippen LogP contribution in [0.5, 0.6) is 11.5 Å². The minimum atomic E-state index is -1.84. The standard InChI is InChI=1S/C30H38N2O14/c1-42-25-19(44-30(24(39)21(25)36)45-26-22(37)23(38)29(43-2)46-27(26)28(40)41)12-20(35)32-16-6-3-15(4-7-16)13-31-10-9-14-5-8-17(33)18(34)11-14/h3-8,11,13,19,21-27,29-30,33-34,36-39H,9-10,12H2,1-2H3,(H,32,35)(H,40,41)/b31-13-/t19-,21?,22?,23?,24?,25?,26?,27?,29?,30?/m0/s1. The van der Waals surface area contributed by atoms with E-state index in [1.54, 1.807) is 36.5 Å². The SMILES string of the molecule is COC1OC(C(=O)O)C(OC2O[C@@H](CC(=O)Nc3ccc(/C=N\CCc4ccc(O)c(O)c4)cc3)C(OC)C(O)C2O)C(O)C1O. The van der Waals surface area contributed by atoms with Crippen LogP contribution in [0.25, 0.3) is 0 Å². The van der Waals surface area contributed by atoms with Crippen molar-refractivity contribution in [2.24, 2.45) is 4.99 Å². The zero-order valence-corrected chi connectivity index (χ0v) is 24.9. The molecule has 0 bridgehead atoms. The molecule has 252 valence electrons. The fourth-order valence-electron chi connectivity index (χ4n) is 5.15. The lowest BCUT2D eigenvalue weighted by molar-refractivity contribution is -0.351. The van der Waals surface area contributed by atoms with Gasteiger partial charge >= 0.3 is 5.97 Å². The number of aromatic hydroxyl groups is 2. The van der Waals surface area contributed by atoms with Crippen molar-refractivity contribution in [3.8, 4) is 11.5 Å². The normalized spacial score (nSPS) is 31.5. The number of benzene rings is 2. The lowest BCUT2D eigenvalue weighted by atomic mass is 9.95. The Kier molecular flexibility index (Phi) is 12.0. The highest BCUT2D eigenvalue weighted by Gasteiger charge is 2.53. The quantitative estimate of drug-likeness (QED) is 0.103. The fourth-order valence-corrected chi connectivity index (χ4v) is 5.15. The van der Waals surface area contributed by atoms with Gasteiger partial charge in [0.15, 0.2) is 30.2 Å².